The van der Waals surface area contributed by atoms with Crippen molar-refractivity contribution < 1.29 is 19.4 Å². The van der Waals surface area contributed by atoms with Crippen molar-refractivity contribution >= 4 is 40.8 Å². The van der Waals surface area contributed by atoms with Gasteiger partial charge in [-0.1, -0.05) is 35.3 Å². The molecule has 2 N–H and O–H groups in total. The summed E-state index contributed by atoms with van der Waals surface area (Å²) < 4.78 is 5.78. The fourth-order valence-corrected chi connectivity index (χ4v) is 3.75. The van der Waals surface area contributed by atoms with E-state index in [-0.39, 0.29) is 12.3 Å². The molecule has 1 aliphatic carbocycles. The largest absolute Gasteiger partial charge is 0.478 e. The number of carbonyl (C=O) groups is 2. The highest BCUT2D eigenvalue weighted by molar-refractivity contribution is 6.35. The Labute approximate surface area is 167 Å². The molecule has 7 heteroatoms. The minimum Gasteiger partial charge on any atom is -0.478 e. The van der Waals surface area contributed by atoms with Gasteiger partial charge in [0.15, 0.2) is 0 Å². The second kappa shape index (κ2) is 8.19. The third-order valence-electron chi connectivity index (χ3n) is 4.55. The van der Waals surface area contributed by atoms with Crippen LogP contribution in [0.15, 0.2) is 42.5 Å². The van der Waals surface area contributed by atoms with Gasteiger partial charge in [0.2, 0.25) is 11.5 Å². The SMILES string of the molecule is O=C(Cc1ccc(OC2(C(=O)O)CCCC2)cc1)Nc1cc(Cl)cc(Cl)c1. The van der Waals surface area contributed by atoms with E-state index in [0.29, 0.717) is 34.3 Å². The molecule has 2 aromatic rings. The standard InChI is InChI=1S/C20H19Cl2NO4/c21-14-10-15(22)12-16(11-14)23-18(24)9-13-3-5-17(6-4-13)27-20(19(25)26)7-1-2-8-20/h3-6,10-12H,1-2,7-9H2,(H,23,24)(H,25,26). The van der Waals surface area contributed by atoms with Crippen LogP contribution in [0.2, 0.25) is 10.0 Å². The maximum absolute atomic E-state index is 12.2. The number of benzene rings is 2. The number of hydrogen-bond acceptors (Lipinski definition) is 3. The van der Waals surface area contributed by atoms with Gasteiger partial charge in [-0.3, -0.25) is 4.79 Å². The van der Waals surface area contributed by atoms with Crippen LogP contribution >= 0.6 is 23.2 Å². The Kier molecular flexibility index (Phi) is 5.92. The van der Waals surface area contributed by atoms with Crippen LogP contribution in [0.4, 0.5) is 5.69 Å². The second-order valence-corrected chi connectivity index (χ2v) is 7.51. The van der Waals surface area contributed by atoms with Crippen molar-refractivity contribution in [2.24, 2.45) is 0 Å². The van der Waals surface area contributed by atoms with E-state index in [1.54, 1.807) is 42.5 Å². The summed E-state index contributed by atoms with van der Waals surface area (Å²) in [6.45, 7) is 0. The minimum atomic E-state index is -1.13. The van der Waals surface area contributed by atoms with Gasteiger partial charge in [0.05, 0.1) is 6.42 Å². The molecule has 0 unspecified atom stereocenters. The van der Waals surface area contributed by atoms with E-state index in [1.165, 1.54) is 0 Å². The maximum atomic E-state index is 12.2. The summed E-state index contributed by atoms with van der Waals surface area (Å²) in [4.78, 5) is 23.8. The molecule has 1 amide bonds. The molecule has 5 nitrogen and oxygen atoms in total. The fraction of sp³-hybridized carbons (Fsp3) is 0.300. The second-order valence-electron chi connectivity index (χ2n) is 6.64. The monoisotopic (exact) mass is 407 g/mol. The highest BCUT2D eigenvalue weighted by Gasteiger charge is 2.43. The number of amides is 1. The lowest BCUT2D eigenvalue weighted by atomic mass is 10.0. The van der Waals surface area contributed by atoms with Crippen LogP contribution in [0, 0.1) is 0 Å². The summed E-state index contributed by atoms with van der Waals surface area (Å²) in [5.74, 6) is -0.645. The van der Waals surface area contributed by atoms with E-state index in [4.69, 9.17) is 27.9 Å². The number of hydrogen-bond donors (Lipinski definition) is 2. The number of nitrogens with one attached hydrogen (secondary N) is 1. The zero-order valence-electron chi connectivity index (χ0n) is 14.5. The van der Waals surface area contributed by atoms with Crippen LogP contribution in [-0.4, -0.2) is 22.6 Å². The van der Waals surface area contributed by atoms with Crippen LogP contribution in [-0.2, 0) is 16.0 Å². The number of anilines is 1. The molecule has 142 valence electrons. The van der Waals surface area contributed by atoms with Gasteiger partial charge in [-0.15, -0.1) is 0 Å². The third kappa shape index (κ3) is 4.93. The molecule has 0 spiro atoms. The van der Waals surface area contributed by atoms with Crippen molar-refractivity contribution in [3.63, 3.8) is 0 Å². The lowest BCUT2D eigenvalue weighted by molar-refractivity contribution is -0.154. The van der Waals surface area contributed by atoms with Crippen LogP contribution in [0.1, 0.15) is 31.2 Å². The van der Waals surface area contributed by atoms with Crippen LogP contribution in [0.25, 0.3) is 0 Å². The summed E-state index contributed by atoms with van der Waals surface area (Å²) in [7, 11) is 0. The van der Waals surface area contributed by atoms with E-state index in [0.717, 1.165) is 18.4 Å². The molecule has 1 saturated carbocycles. The molecule has 0 aliphatic heterocycles. The average molecular weight is 408 g/mol. The zero-order valence-corrected chi connectivity index (χ0v) is 16.0. The third-order valence-corrected chi connectivity index (χ3v) is 4.98. The number of carboxylic acid groups (broad SMARTS) is 1. The topological polar surface area (TPSA) is 75.6 Å². The summed E-state index contributed by atoms with van der Waals surface area (Å²) in [6, 6.07) is 11.7. The summed E-state index contributed by atoms with van der Waals surface area (Å²) >= 11 is 11.8. The van der Waals surface area contributed by atoms with Crippen molar-refractivity contribution in [1.82, 2.24) is 0 Å². The molecule has 1 aliphatic rings. The molecule has 27 heavy (non-hydrogen) atoms. The van der Waals surface area contributed by atoms with Gasteiger partial charge in [-0.2, -0.15) is 0 Å². The molecule has 0 saturated heterocycles. The Balaban J connectivity index is 1.61. The Morgan fingerprint density at radius 1 is 1.04 bits per heavy atom. The van der Waals surface area contributed by atoms with Gasteiger partial charge in [0, 0.05) is 15.7 Å². The minimum absolute atomic E-state index is 0.161. The Morgan fingerprint density at radius 2 is 1.63 bits per heavy atom. The number of rotatable bonds is 6. The highest BCUT2D eigenvalue weighted by atomic mass is 35.5. The molecule has 2 aromatic carbocycles. The lowest BCUT2D eigenvalue weighted by Crippen LogP contribution is -2.41. The van der Waals surface area contributed by atoms with Gasteiger partial charge in [0.25, 0.3) is 0 Å². The molecular weight excluding hydrogens is 389 g/mol. The number of aliphatic carboxylic acids is 1. The summed E-state index contributed by atoms with van der Waals surface area (Å²) in [5.41, 5.74) is 0.177. The molecule has 0 atom stereocenters. The number of ether oxygens (including phenoxy) is 1. The number of carboxylic acids is 1. The molecule has 0 heterocycles. The van der Waals surface area contributed by atoms with Crippen LogP contribution in [0.3, 0.4) is 0 Å². The number of carbonyl (C=O) groups excluding carboxylic acids is 1. The van der Waals surface area contributed by atoms with Gasteiger partial charge in [0.1, 0.15) is 5.75 Å². The van der Waals surface area contributed by atoms with Gasteiger partial charge in [-0.05, 0) is 61.6 Å². The quantitative estimate of drug-likeness (QED) is 0.709. The van der Waals surface area contributed by atoms with Crippen LogP contribution in [0.5, 0.6) is 5.75 Å². The molecule has 3 rings (SSSR count). The van der Waals surface area contributed by atoms with Crippen molar-refractivity contribution in [3.8, 4) is 5.75 Å². The summed E-state index contributed by atoms with van der Waals surface area (Å²) in [5, 5.41) is 13.1. The van der Waals surface area contributed by atoms with Crippen LogP contribution < -0.4 is 10.1 Å². The van der Waals surface area contributed by atoms with E-state index in [9.17, 15) is 14.7 Å². The number of halogens is 2. The molecule has 0 radical (unpaired) electrons. The van der Waals surface area contributed by atoms with E-state index < -0.39 is 11.6 Å². The lowest BCUT2D eigenvalue weighted by Gasteiger charge is -2.25. The maximum Gasteiger partial charge on any atom is 0.348 e. The van der Waals surface area contributed by atoms with E-state index in [2.05, 4.69) is 5.32 Å². The fourth-order valence-electron chi connectivity index (χ4n) is 3.22. The molecule has 0 bridgehead atoms. The Morgan fingerprint density at radius 3 is 2.19 bits per heavy atom. The van der Waals surface area contributed by atoms with Crippen molar-refractivity contribution in [2.75, 3.05) is 5.32 Å². The predicted octanol–water partition coefficient (Wildman–Crippen LogP) is 4.95. The average Bonchev–Trinajstić information content (AvgIpc) is 3.05. The van der Waals surface area contributed by atoms with E-state index in [1.807, 2.05) is 0 Å². The van der Waals surface area contributed by atoms with E-state index >= 15 is 0 Å². The van der Waals surface area contributed by atoms with Crippen molar-refractivity contribution in [2.45, 2.75) is 37.7 Å². The first-order chi connectivity index (χ1) is 12.9. The first kappa shape index (κ1) is 19.5. The van der Waals surface area contributed by atoms with Gasteiger partial charge < -0.3 is 15.2 Å². The normalized spacial score (nSPS) is 15.3. The first-order valence-corrected chi connectivity index (χ1v) is 9.39. The molecule has 1 fully saturated rings. The van der Waals surface area contributed by atoms with Crippen molar-refractivity contribution in [1.29, 1.82) is 0 Å². The smallest absolute Gasteiger partial charge is 0.348 e. The predicted molar refractivity (Wildman–Crippen MR) is 105 cm³/mol. The Bertz CT molecular complexity index is 825. The van der Waals surface area contributed by atoms with Gasteiger partial charge >= 0.3 is 5.97 Å². The Hall–Kier alpha value is -2.24. The summed E-state index contributed by atoms with van der Waals surface area (Å²) in [6.07, 6.45) is 2.87. The molecule has 0 aromatic heterocycles. The zero-order chi connectivity index (χ0) is 19.4. The first-order valence-electron chi connectivity index (χ1n) is 8.64. The molecular formula is C20H19Cl2NO4. The van der Waals surface area contributed by atoms with Gasteiger partial charge in [-0.25, -0.2) is 4.79 Å². The van der Waals surface area contributed by atoms with Crippen molar-refractivity contribution in [3.05, 3.63) is 58.1 Å². The highest BCUT2D eigenvalue weighted by Crippen LogP contribution is 2.35.